The third kappa shape index (κ3) is 3.58. The van der Waals surface area contributed by atoms with Crippen molar-refractivity contribution in [3.05, 3.63) is 65.0 Å². The maximum Gasteiger partial charge on any atom is 0.247 e. The van der Waals surface area contributed by atoms with Crippen molar-refractivity contribution in [1.82, 2.24) is 10.2 Å². The molecule has 132 valence electrons. The third-order valence-corrected chi connectivity index (χ3v) is 5.49. The molecule has 0 N–H and O–H groups in total. The topological polar surface area (TPSA) is 56.0 Å². The SMILES string of the molecule is CSc1cccc(C(=O)Cc2nnc(-c3ccc4c(c3)CCCC4)o2)c1. The van der Waals surface area contributed by atoms with Gasteiger partial charge in [0.05, 0.1) is 6.42 Å². The quantitative estimate of drug-likeness (QED) is 0.482. The number of aryl methyl sites for hydroxylation is 2. The Morgan fingerprint density at radius 2 is 1.92 bits per heavy atom. The average Bonchev–Trinajstić information content (AvgIpc) is 3.16. The number of carbonyl (C=O) groups is 1. The number of benzene rings is 2. The van der Waals surface area contributed by atoms with Crippen LogP contribution in [0, 0.1) is 0 Å². The summed E-state index contributed by atoms with van der Waals surface area (Å²) in [6.07, 6.45) is 6.86. The monoisotopic (exact) mass is 364 g/mol. The zero-order valence-corrected chi connectivity index (χ0v) is 15.5. The van der Waals surface area contributed by atoms with E-state index < -0.39 is 0 Å². The van der Waals surface area contributed by atoms with Crippen molar-refractivity contribution in [1.29, 1.82) is 0 Å². The second kappa shape index (κ2) is 7.46. The number of Topliss-reactive ketones (excluding diaryl/α,β-unsaturated/α-hetero) is 1. The summed E-state index contributed by atoms with van der Waals surface area (Å²) < 4.78 is 5.76. The van der Waals surface area contributed by atoms with Gasteiger partial charge in [0.2, 0.25) is 11.8 Å². The minimum atomic E-state index is -0.0125. The number of hydrogen-bond donors (Lipinski definition) is 0. The maximum atomic E-state index is 12.5. The standard InChI is InChI=1S/C21H20N2O2S/c1-26-18-8-4-7-16(12-18)19(24)13-20-22-23-21(25-20)17-10-9-14-5-2-3-6-15(14)11-17/h4,7-12H,2-3,5-6,13H2,1H3. The van der Waals surface area contributed by atoms with Gasteiger partial charge in [-0.1, -0.05) is 18.2 Å². The zero-order chi connectivity index (χ0) is 17.9. The predicted molar refractivity (Wildman–Crippen MR) is 103 cm³/mol. The molecule has 0 aliphatic heterocycles. The number of carbonyl (C=O) groups excluding carboxylic acids is 1. The summed E-state index contributed by atoms with van der Waals surface area (Å²) in [5, 5.41) is 8.21. The molecule has 1 aliphatic carbocycles. The van der Waals surface area contributed by atoms with Gasteiger partial charge in [0.1, 0.15) is 0 Å². The number of ketones is 1. The largest absolute Gasteiger partial charge is 0.420 e. The van der Waals surface area contributed by atoms with Gasteiger partial charge in [0.15, 0.2) is 5.78 Å². The molecule has 3 aromatic rings. The summed E-state index contributed by atoms with van der Waals surface area (Å²) in [6.45, 7) is 0. The van der Waals surface area contributed by atoms with E-state index in [9.17, 15) is 4.79 Å². The Labute approximate surface area is 157 Å². The van der Waals surface area contributed by atoms with Crippen molar-refractivity contribution in [3.8, 4) is 11.5 Å². The summed E-state index contributed by atoms with van der Waals surface area (Å²) in [5.74, 6) is 0.831. The normalized spacial score (nSPS) is 13.4. The van der Waals surface area contributed by atoms with Gasteiger partial charge >= 0.3 is 0 Å². The molecule has 0 saturated heterocycles. The Kier molecular flexibility index (Phi) is 4.89. The number of hydrogen-bond acceptors (Lipinski definition) is 5. The van der Waals surface area contributed by atoms with E-state index in [1.165, 1.54) is 24.0 Å². The molecule has 0 spiro atoms. The van der Waals surface area contributed by atoms with E-state index in [4.69, 9.17) is 4.42 Å². The summed E-state index contributed by atoms with van der Waals surface area (Å²) in [6, 6.07) is 13.9. The first-order chi connectivity index (χ1) is 12.7. The summed E-state index contributed by atoms with van der Waals surface area (Å²) in [5.41, 5.74) is 4.40. The van der Waals surface area contributed by atoms with Crippen LogP contribution in [-0.2, 0) is 19.3 Å². The highest BCUT2D eigenvalue weighted by Crippen LogP contribution is 2.27. The molecule has 0 bridgehead atoms. The minimum Gasteiger partial charge on any atom is -0.420 e. The van der Waals surface area contributed by atoms with Crippen LogP contribution in [0.2, 0.25) is 0 Å². The van der Waals surface area contributed by atoms with E-state index in [1.807, 2.05) is 36.6 Å². The van der Waals surface area contributed by atoms with E-state index in [0.717, 1.165) is 23.3 Å². The summed E-state index contributed by atoms with van der Waals surface area (Å²) in [4.78, 5) is 13.5. The van der Waals surface area contributed by atoms with Crippen LogP contribution in [0.15, 0.2) is 51.8 Å². The van der Waals surface area contributed by atoms with Gasteiger partial charge in [-0.25, -0.2) is 0 Å². The van der Waals surface area contributed by atoms with Crippen LogP contribution in [0.25, 0.3) is 11.5 Å². The molecule has 0 saturated carbocycles. The first-order valence-electron chi connectivity index (χ1n) is 8.85. The smallest absolute Gasteiger partial charge is 0.247 e. The van der Waals surface area contributed by atoms with E-state index in [0.29, 0.717) is 17.3 Å². The Hall–Kier alpha value is -2.40. The van der Waals surface area contributed by atoms with Crippen LogP contribution in [0.4, 0.5) is 0 Å². The van der Waals surface area contributed by atoms with Crippen molar-refractivity contribution in [2.24, 2.45) is 0 Å². The molecule has 0 amide bonds. The van der Waals surface area contributed by atoms with Crippen molar-refractivity contribution in [3.63, 3.8) is 0 Å². The predicted octanol–water partition coefficient (Wildman–Crippen LogP) is 4.76. The van der Waals surface area contributed by atoms with E-state index in [1.54, 1.807) is 11.8 Å². The number of rotatable bonds is 5. The lowest BCUT2D eigenvalue weighted by atomic mass is 9.90. The lowest BCUT2D eigenvalue weighted by molar-refractivity contribution is 0.0985. The van der Waals surface area contributed by atoms with Crippen molar-refractivity contribution in [2.45, 2.75) is 37.0 Å². The number of nitrogens with zero attached hydrogens (tertiary/aromatic N) is 2. The zero-order valence-electron chi connectivity index (χ0n) is 14.7. The van der Waals surface area contributed by atoms with Gasteiger partial charge in [-0.3, -0.25) is 4.79 Å². The highest BCUT2D eigenvalue weighted by molar-refractivity contribution is 7.98. The lowest BCUT2D eigenvalue weighted by Crippen LogP contribution is -2.03. The molecule has 4 rings (SSSR count). The van der Waals surface area contributed by atoms with Gasteiger partial charge in [0, 0.05) is 16.0 Å². The third-order valence-electron chi connectivity index (χ3n) is 4.77. The van der Waals surface area contributed by atoms with Gasteiger partial charge in [-0.15, -0.1) is 22.0 Å². The highest BCUT2D eigenvalue weighted by Gasteiger charge is 2.16. The van der Waals surface area contributed by atoms with E-state index in [-0.39, 0.29) is 12.2 Å². The van der Waals surface area contributed by atoms with Crippen LogP contribution < -0.4 is 0 Å². The van der Waals surface area contributed by atoms with Crippen molar-refractivity contribution in [2.75, 3.05) is 6.26 Å². The van der Waals surface area contributed by atoms with Crippen LogP contribution >= 0.6 is 11.8 Å². The highest BCUT2D eigenvalue weighted by atomic mass is 32.2. The average molecular weight is 364 g/mol. The Morgan fingerprint density at radius 1 is 1.08 bits per heavy atom. The molecule has 1 aromatic heterocycles. The maximum absolute atomic E-state index is 12.5. The van der Waals surface area contributed by atoms with Gasteiger partial charge in [-0.2, -0.15) is 0 Å². The fourth-order valence-corrected chi connectivity index (χ4v) is 3.80. The van der Waals surface area contributed by atoms with Crippen LogP contribution in [0.1, 0.15) is 40.2 Å². The Morgan fingerprint density at radius 3 is 2.77 bits per heavy atom. The first-order valence-corrected chi connectivity index (χ1v) is 10.1. The molecular formula is C21H20N2O2S. The lowest BCUT2D eigenvalue weighted by Gasteiger charge is -2.15. The first kappa shape index (κ1) is 17.0. The molecule has 5 heteroatoms. The van der Waals surface area contributed by atoms with Crippen LogP contribution in [0.3, 0.4) is 0 Å². The Bertz CT molecular complexity index is 949. The molecule has 0 fully saturated rings. The van der Waals surface area contributed by atoms with Gasteiger partial charge in [-0.05, 0) is 67.3 Å². The molecular weight excluding hydrogens is 344 g/mol. The molecule has 2 aromatic carbocycles. The molecule has 0 atom stereocenters. The van der Waals surface area contributed by atoms with Crippen LogP contribution in [0.5, 0.6) is 0 Å². The number of aromatic nitrogens is 2. The molecule has 4 nitrogen and oxygen atoms in total. The molecule has 1 aliphatic rings. The fourth-order valence-electron chi connectivity index (χ4n) is 3.34. The molecule has 26 heavy (non-hydrogen) atoms. The second-order valence-electron chi connectivity index (χ2n) is 6.52. The van der Waals surface area contributed by atoms with Gasteiger partial charge in [0.25, 0.3) is 0 Å². The number of fused-ring (bicyclic) bond motifs is 1. The molecule has 0 unspecified atom stereocenters. The minimum absolute atomic E-state index is 0.0125. The van der Waals surface area contributed by atoms with Gasteiger partial charge < -0.3 is 4.42 Å². The Balaban J connectivity index is 1.52. The second-order valence-corrected chi connectivity index (χ2v) is 7.40. The number of thioether (sulfide) groups is 1. The molecule has 1 heterocycles. The van der Waals surface area contributed by atoms with Crippen LogP contribution in [-0.4, -0.2) is 22.2 Å². The summed E-state index contributed by atoms with van der Waals surface area (Å²) in [7, 11) is 0. The summed E-state index contributed by atoms with van der Waals surface area (Å²) >= 11 is 1.62. The van der Waals surface area contributed by atoms with E-state index >= 15 is 0 Å². The van der Waals surface area contributed by atoms with E-state index in [2.05, 4.69) is 22.3 Å². The molecule has 0 radical (unpaired) electrons. The fraction of sp³-hybridized carbons (Fsp3) is 0.286. The van der Waals surface area contributed by atoms with Crippen molar-refractivity contribution >= 4 is 17.5 Å². The van der Waals surface area contributed by atoms with Crippen molar-refractivity contribution < 1.29 is 9.21 Å².